The van der Waals surface area contributed by atoms with Gasteiger partial charge in [-0.3, -0.25) is 9.59 Å². The number of benzene rings is 3. The maximum absolute atomic E-state index is 13.7. The van der Waals surface area contributed by atoms with Crippen LogP contribution in [0.5, 0.6) is 11.5 Å². The van der Waals surface area contributed by atoms with Crippen LogP contribution in [0.25, 0.3) is 0 Å². The zero-order valence-corrected chi connectivity index (χ0v) is 22.1. The predicted molar refractivity (Wildman–Crippen MR) is 147 cm³/mol. The first-order valence-electron chi connectivity index (χ1n) is 13.0. The van der Waals surface area contributed by atoms with E-state index < -0.39 is 6.04 Å². The summed E-state index contributed by atoms with van der Waals surface area (Å²) in [6, 6.07) is 24.4. The number of unbranched alkanes of at least 4 members (excludes halogenated alkanes) is 1. The molecule has 0 aromatic heterocycles. The van der Waals surface area contributed by atoms with E-state index >= 15 is 0 Å². The fourth-order valence-electron chi connectivity index (χ4n) is 4.08. The second-order valence-electron chi connectivity index (χ2n) is 9.01. The highest BCUT2D eigenvalue weighted by Crippen LogP contribution is 2.19. The van der Waals surface area contributed by atoms with Crippen LogP contribution in [0.1, 0.15) is 43.4 Å². The quantitative estimate of drug-likeness (QED) is 0.308. The van der Waals surface area contributed by atoms with Crippen molar-refractivity contribution >= 4 is 11.8 Å². The van der Waals surface area contributed by atoms with Crippen LogP contribution in [0.3, 0.4) is 0 Å². The number of ether oxygens (including phenoxy) is 2. The summed E-state index contributed by atoms with van der Waals surface area (Å²) < 4.78 is 11.2. The Bertz CT molecular complexity index is 1120. The van der Waals surface area contributed by atoms with Gasteiger partial charge in [0.1, 0.15) is 17.5 Å². The van der Waals surface area contributed by atoms with Crippen molar-refractivity contribution < 1.29 is 19.1 Å². The second kappa shape index (κ2) is 14.7. The fourth-order valence-corrected chi connectivity index (χ4v) is 4.08. The molecule has 0 bridgehead atoms. The van der Waals surface area contributed by atoms with Gasteiger partial charge in [-0.25, -0.2) is 0 Å². The molecule has 196 valence electrons. The molecule has 6 nitrogen and oxygen atoms in total. The van der Waals surface area contributed by atoms with Crippen LogP contribution >= 0.6 is 0 Å². The summed E-state index contributed by atoms with van der Waals surface area (Å²) in [6.45, 7) is 4.84. The molecule has 6 heteroatoms. The third kappa shape index (κ3) is 8.67. The largest absolute Gasteiger partial charge is 0.497 e. The van der Waals surface area contributed by atoms with Gasteiger partial charge < -0.3 is 19.7 Å². The van der Waals surface area contributed by atoms with Gasteiger partial charge in [0.05, 0.1) is 7.11 Å². The molecular formula is C31H38N2O4. The van der Waals surface area contributed by atoms with Crippen LogP contribution in [0.2, 0.25) is 0 Å². The van der Waals surface area contributed by atoms with E-state index in [0.717, 1.165) is 30.4 Å². The first-order valence-corrected chi connectivity index (χ1v) is 13.0. The van der Waals surface area contributed by atoms with Crippen molar-refractivity contribution in [3.8, 4) is 11.5 Å². The topological polar surface area (TPSA) is 67.9 Å². The van der Waals surface area contributed by atoms with Gasteiger partial charge in [-0.15, -0.1) is 0 Å². The molecule has 3 rings (SSSR count). The van der Waals surface area contributed by atoms with E-state index in [1.165, 1.54) is 5.56 Å². The Labute approximate surface area is 220 Å². The average Bonchev–Trinajstić information content (AvgIpc) is 2.94. The number of nitrogens with zero attached hydrogens (tertiary/aromatic N) is 1. The Kier molecular flexibility index (Phi) is 11.0. The van der Waals surface area contributed by atoms with Gasteiger partial charge in [-0.2, -0.15) is 0 Å². The van der Waals surface area contributed by atoms with E-state index in [2.05, 4.69) is 19.2 Å². The molecule has 0 aliphatic rings. The van der Waals surface area contributed by atoms with Crippen LogP contribution in [-0.2, 0) is 29.0 Å². The minimum Gasteiger partial charge on any atom is -0.497 e. The number of amides is 2. The number of hydrogen-bond acceptors (Lipinski definition) is 4. The molecule has 0 heterocycles. The molecule has 0 saturated heterocycles. The molecule has 0 spiro atoms. The molecule has 37 heavy (non-hydrogen) atoms. The Hall–Kier alpha value is -3.80. The molecular weight excluding hydrogens is 464 g/mol. The lowest BCUT2D eigenvalue weighted by Gasteiger charge is -2.31. The normalized spacial score (nSPS) is 11.4. The molecule has 1 N–H and O–H groups in total. The van der Waals surface area contributed by atoms with Crippen molar-refractivity contribution in [3.63, 3.8) is 0 Å². The Morgan fingerprint density at radius 1 is 0.865 bits per heavy atom. The smallest absolute Gasteiger partial charge is 0.261 e. The van der Waals surface area contributed by atoms with E-state index in [1.807, 2.05) is 78.9 Å². The van der Waals surface area contributed by atoms with E-state index in [0.29, 0.717) is 24.5 Å². The minimum absolute atomic E-state index is 0.164. The monoisotopic (exact) mass is 502 g/mol. The van der Waals surface area contributed by atoms with Crippen molar-refractivity contribution in [3.05, 3.63) is 95.6 Å². The van der Waals surface area contributed by atoms with E-state index in [9.17, 15) is 9.59 Å². The first kappa shape index (κ1) is 27.8. The van der Waals surface area contributed by atoms with Crippen molar-refractivity contribution in [2.24, 2.45) is 0 Å². The second-order valence-corrected chi connectivity index (χ2v) is 9.01. The molecule has 0 aliphatic heterocycles. The fraction of sp³-hybridized carbons (Fsp3) is 0.355. The molecule has 1 atom stereocenters. The number of nitrogens with one attached hydrogen (secondary N) is 1. The van der Waals surface area contributed by atoms with Crippen LogP contribution in [0.15, 0.2) is 78.9 Å². The predicted octanol–water partition coefficient (Wildman–Crippen LogP) is 5.19. The number of carbonyl (C=O) groups is 2. The molecule has 0 fully saturated rings. The van der Waals surface area contributed by atoms with E-state index in [1.54, 1.807) is 12.0 Å². The molecule has 2 amide bonds. The van der Waals surface area contributed by atoms with Gasteiger partial charge >= 0.3 is 0 Å². The van der Waals surface area contributed by atoms with Gasteiger partial charge in [0.15, 0.2) is 6.61 Å². The lowest BCUT2D eigenvalue weighted by molar-refractivity contribution is -0.142. The lowest BCUT2D eigenvalue weighted by Crippen LogP contribution is -2.51. The molecule has 0 radical (unpaired) electrons. The number of rotatable bonds is 14. The standard InChI is InChI=1S/C31H38N2O4/c1-4-6-19-32-31(35)29(21-25-11-8-7-9-12-25)33(22-26-13-10-14-28(20-26)36-3)30(34)23-37-27-17-15-24(5-2)16-18-27/h7-18,20,29H,4-6,19,21-23H2,1-3H3,(H,32,35). The van der Waals surface area contributed by atoms with Crippen molar-refractivity contribution in [1.82, 2.24) is 10.2 Å². The molecule has 0 aliphatic carbocycles. The maximum Gasteiger partial charge on any atom is 0.261 e. The molecule has 0 saturated carbocycles. The summed E-state index contributed by atoms with van der Waals surface area (Å²) in [7, 11) is 1.61. The van der Waals surface area contributed by atoms with Gasteiger partial charge in [0.25, 0.3) is 5.91 Å². The minimum atomic E-state index is -0.691. The van der Waals surface area contributed by atoms with Crippen LogP contribution in [0, 0.1) is 0 Å². The van der Waals surface area contributed by atoms with Crippen LogP contribution in [0.4, 0.5) is 0 Å². The Morgan fingerprint density at radius 3 is 2.27 bits per heavy atom. The number of carbonyl (C=O) groups excluding carboxylic acids is 2. The highest BCUT2D eigenvalue weighted by atomic mass is 16.5. The van der Waals surface area contributed by atoms with Crippen LogP contribution < -0.4 is 14.8 Å². The van der Waals surface area contributed by atoms with Gasteiger partial charge in [0.2, 0.25) is 5.91 Å². The third-order valence-corrected chi connectivity index (χ3v) is 6.28. The van der Waals surface area contributed by atoms with Crippen molar-refractivity contribution in [2.75, 3.05) is 20.3 Å². The highest BCUT2D eigenvalue weighted by Gasteiger charge is 2.30. The summed E-state index contributed by atoms with van der Waals surface area (Å²) in [5.74, 6) is 0.901. The number of hydrogen-bond donors (Lipinski definition) is 1. The highest BCUT2D eigenvalue weighted by molar-refractivity contribution is 5.88. The zero-order chi connectivity index (χ0) is 26.5. The van der Waals surface area contributed by atoms with Crippen molar-refractivity contribution in [1.29, 1.82) is 0 Å². The molecule has 1 unspecified atom stereocenters. The summed E-state index contributed by atoms with van der Waals surface area (Å²) in [5, 5.41) is 3.04. The SMILES string of the molecule is CCCCNC(=O)C(Cc1ccccc1)N(Cc1cccc(OC)c1)C(=O)COc1ccc(CC)cc1. The zero-order valence-electron chi connectivity index (χ0n) is 22.1. The summed E-state index contributed by atoms with van der Waals surface area (Å²) in [4.78, 5) is 28.7. The third-order valence-electron chi connectivity index (χ3n) is 6.28. The summed E-state index contributed by atoms with van der Waals surface area (Å²) in [6.07, 6.45) is 3.19. The van der Waals surface area contributed by atoms with Crippen molar-refractivity contribution in [2.45, 2.75) is 52.1 Å². The van der Waals surface area contributed by atoms with Gasteiger partial charge in [-0.05, 0) is 53.8 Å². The number of methoxy groups -OCH3 is 1. The van der Waals surface area contributed by atoms with Gasteiger partial charge in [0, 0.05) is 19.5 Å². The lowest BCUT2D eigenvalue weighted by atomic mass is 10.0. The Balaban J connectivity index is 1.88. The molecule has 3 aromatic carbocycles. The Morgan fingerprint density at radius 2 is 1.59 bits per heavy atom. The van der Waals surface area contributed by atoms with E-state index in [4.69, 9.17) is 9.47 Å². The first-order chi connectivity index (χ1) is 18.0. The maximum atomic E-state index is 13.7. The number of aryl methyl sites for hydroxylation is 1. The van der Waals surface area contributed by atoms with E-state index in [-0.39, 0.29) is 25.0 Å². The summed E-state index contributed by atoms with van der Waals surface area (Å²) in [5.41, 5.74) is 3.06. The van der Waals surface area contributed by atoms with Gasteiger partial charge in [-0.1, -0.05) is 74.9 Å². The average molecular weight is 503 g/mol. The summed E-state index contributed by atoms with van der Waals surface area (Å²) >= 11 is 0. The van der Waals surface area contributed by atoms with Crippen LogP contribution in [-0.4, -0.2) is 43.0 Å². The molecule has 3 aromatic rings.